The molecule has 0 saturated heterocycles. The third-order valence-electron chi connectivity index (χ3n) is 3.74. The Morgan fingerprint density at radius 3 is 2.68 bits per heavy atom. The van der Waals surface area contributed by atoms with Crippen molar-refractivity contribution in [2.24, 2.45) is 0 Å². The van der Waals surface area contributed by atoms with Crippen molar-refractivity contribution in [2.75, 3.05) is 0 Å². The van der Waals surface area contributed by atoms with Crippen molar-refractivity contribution in [1.82, 2.24) is 5.32 Å². The van der Waals surface area contributed by atoms with E-state index in [1.807, 2.05) is 37.3 Å². The largest absolute Gasteiger partial charge is 0.347 e. The molecular weight excluding hydrogens is 297 g/mol. The Kier molecular flexibility index (Phi) is 3.94. The average Bonchev–Trinajstić information content (AvgIpc) is 2.86. The molecule has 1 heterocycles. The maximum Gasteiger partial charge on any atom is 0.261 e. The highest BCUT2D eigenvalue weighted by Gasteiger charge is 2.14. The number of hydrogen-bond acceptors (Lipinski definition) is 2. The lowest BCUT2D eigenvalue weighted by molar-refractivity contribution is 0.0954. The fraction of sp³-hybridized carbons (Fsp3) is 0.167. The molecule has 0 aliphatic rings. The van der Waals surface area contributed by atoms with E-state index >= 15 is 0 Å². The number of benzene rings is 2. The maximum atomic E-state index is 13.5. The third kappa shape index (κ3) is 2.74. The Balaban J connectivity index is 1.78. The van der Waals surface area contributed by atoms with Crippen molar-refractivity contribution in [3.8, 4) is 0 Å². The number of hydrogen-bond donors (Lipinski definition) is 1. The summed E-state index contributed by atoms with van der Waals surface area (Å²) in [6.07, 6.45) is 0. The highest BCUT2D eigenvalue weighted by atomic mass is 32.1. The van der Waals surface area contributed by atoms with Crippen LogP contribution in [0.1, 0.15) is 26.4 Å². The Hall–Kier alpha value is -2.20. The van der Waals surface area contributed by atoms with Crippen molar-refractivity contribution in [2.45, 2.75) is 20.4 Å². The van der Waals surface area contributed by atoms with Crippen molar-refractivity contribution >= 4 is 27.3 Å². The van der Waals surface area contributed by atoms with E-state index < -0.39 is 0 Å². The molecular formula is C18H16FNOS. The molecule has 22 heavy (non-hydrogen) atoms. The van der Waals surface area contributed by atoms with Crippen LogP contribution in [0.5, 0.6) is 0 Å². The molecule has 3 rings (SSSR count). The Labute approximate surface area is 132 Å². The highest BCUT2D eigenvalue weighted by Crippen LogP contribution is 2.30. The van der Waals surface area contributed by atoms with Crippen molar-refractivity contribution < 1.29 is 9.18 Å². The molecule has 1 aromatic heterocycles. The van der Waals surface area contributed by atoms with Gasteiger partial charge in [-0.1, -0.05) is 30.3 Å². The van der Waals surface area contributed by atoms with E-state index in [1.54, 1.807) is 13.0 Å². The van der Waals surface area contributed by atoms with Gasteiger partial charge in [0.2, 0.25) is 0 Å². The van der Waals surface area contributed by atoms with Gasteiger partial charge in [-0.15, -0.1) is 11.3 Å². The number of carbonyl (C=O) groups excluding carboxylic acids is 1. The summed E-state index contributed by atoms with van der Waals surface area (Å²) in [5, 5.41) is 3.98. The SMILES string of the molecule is Cc1ccc(CNC(=O)c2sc3ccccc3c2C)cc1F. The van der Waals surface area contributed by atoms with E-state index in [0.29, 0.717) is 17.0 Å². The fourth-order valence-electron chi connectivity index (χ4n) is 2.40. The van der Waals surface area contributed by atoms with Gasteiger partial charge < -0.3 is 5.32 Å². The lowest BCUT2D eigenvalue weighted by atomic mass is 10.1. The van der Waals surface area contributed by atoms with E-state index in [1.165, 1.54) is 17.4 Å². The second-order valence-electron chi connectivity index (χ2n) is 5.32. The van der Waals surface area contributed by atoms with Crippen LogP contribution in [-0.2, 0) is 6.54 Å². The molecule has 0 bridgehead atoms. The number of thiophene rings is 1. The third-order valence-corrected chi connectivity index (χ3v) is 5.01. The predicted octanol–water partition coefficient (Wildman–Crippen LogP) is 4.59. The van der Waals surface area contributed by atoms with E-state index in [2.05, 4.69) is 5.32 Å². The molecule has 3 aromatic rings. The van der Waals surface area contributed by atoms with Gasteiger partial charge in [0, 0.05) is 11.2 Å². The summed E-state index contributed by atoms with van der Waals surface area (Å²) < 4.78 is 14.6. The van der Waals surface area contributed by atoms with Crippen molar-refractivity contribution in [3.63, 3.8) is 0 Å². The number of aryl methyl sites for hydroxylation is 2. The summed E-state index contributed by atoms with van der Waals surface area (Å²) in [6.45, 7) is 4.00. The molecule has 4 heteroatoms. The van der Waals surface area contributed by atoms with Gasteiger partial charge in [0.1, 0.15) is 5.82 Å². The van der Waals surface area contributed by atoms with Crippen LogP contribution in [0.25, 0.3) is 10.1 Å². The molecule has 1 amide bonds. The van der Waals surface area contributed by atoms with E-state index in [-0.39, 0.29) is 11.7 Å². The van der Waals surface area contributed by atoms with Crippen LogP contribution in [0.3, 0.4) is 0 Å². The molecule has 0 aliphatic carbocycles. The Morgan fingerprint density at radius 2 is 1.95 bits per heavy atom. The minimum Gasteiger partial charge on any atom is -0.347 e. The van der Waals surface area contributed by atoms with E-state index in [0.717, 1.165) is 21.2 Å². The van der Waals surface area contributed by atoms with Crippen LogP contribution >= 0.6 is 11.3 Å². The number of amides is 1. The fourth-order valence-corrected chi connectivity index (χ4v) is 3.53. The summed E-state index contributed by atoms with van der Waals surface area (Å²) in [4.78, 5) is 13.1. The van der Waals surface area contributed by atoms with Crippen LogP contribution < -0.4 is 5.32 Å². The van der Waals surface area contributed by atoms with Gasteiger partial charge in [-0.3, -0.25) is 4.79 Å². The molecule has 1 N–H and O–H groups in total. The number of nitrogens with one attached hydrogen (secondary N) is 1. The second-order valence-corrected chi connectivity index (χ2v) is 6.37. The minimum absolute atomic E-state index is 0.111. The topological polar surface area (TPSA) is 29.1 Å². The van der Waals surface area contributed by atoms with Gasteiger partial charge in [-0.05, 0) is 48.1 Å². The first-order chi connectivity index (χ1) is 10.6. The first-order valence-electron chi connectivity index (χ1n) is 7.07. The van der Waals surface area contributed by atoms with Crippen molar-refractivity contribution in [1.29, 1.82) is 0 Å². The summed E-state index contributed by atoms with van der Waals surface area (Å²) in [7, 11) is 0. The number of fused-ring (bicyclic) bond motifs is 1. The molecule has 112 valence electrons. The van der Waals surface area contributed by atoms with E-state index in [9.17, 15) is 9.18 Å². The van der Waals surface area contributed by atoms with Gasteiger partial charge in [0.05, 0.1) is 4.88 Å². The van der Waals surface area contributed by atoms with Gasteiger partial charge >= 0.3 is 0 Å². The van der Waals surface area contributed by atoms with Crippen LogP contribution in [0.15, 0.2) is 42.5 Å². The molecule has 0 spiro atoms. The summed E-state index contributed by atoms with van der Waals surface area (Å²) in [6, 6.07) is 13.0. The van der Waals surface area contributed by atoms with Crippen LogP contribution in [-0.4, -0.2) is 5.91 Å². The van der Waals surface area contributed by atoms with Crippen LogP contribution in [0.2, 0.25) is 0 Å². The number of rotatable bonds is 3. The summed E-state index contributed by atoms with van der Waals surface area (Å²) >= 11 is 1.49. The second kappa shape index (κ2) is 5.89. The average molecular weight is 313 g/mol. The van der Waals surface area contributed by atoms with E-state index in [4.69, 9.17) is 0 Å². The summed E-state index contributed by atoms with van der Waals surface area (Å²) in [5.41, 5.74) is 2.36. The molecule has 2 nitrogen and oxygen atoms in total. The lowest BCUT2D eigenvalue weighted by Gasteiger charge is -2.06. The monoisotopic (exact) mass is 313 g/mol. The zero-order chi connectivity index (χ0) is 15.7. The molecule has 0 saturated carbocycles. The van der Waals surface area contributed by atoms with Crippen LogP contribution in [0, 0.1) is 19.7 Å². The van der Waals surface area contributed by atoms with Gasteiger partial charge in [-0.2, -0.15) is 0 Å². The van der Waals surface area contributed by atoms with Gasteiger partial charge in [-0.25, -0.2) is 4.39 Å². The molecule has 0 unspecified atom stereocenters. The molecule has 0 fully saturated rings. The smallest absolute Gasteiger partial charge is 0.261 e. The number of carbonyl (C=O) groups is 1. The zero-order valence-corrected chi connectivity index (χ0v) is 13.3. The quantitative estimate of drug-likeness (QED) is 0.753. The Morgan fingerprint density at radius 1 is 1.18 bits per heavy atom. The Bertz CT molecular complexity index is 853. The van der Waals surface area contributed by atoms with Gasteiger partial charge in [0.25, 0.3) is 5.91 Å². The highest BCUT2D eigenvalue weighted by molar-refractivity contribution is 7.21. The van der Waals surface area contributed by atoms with Crippen LogP contribution in [0.4, 0.5) is 4.39 Å². The standard InChI is InChI=1S/C18H16FNOS/c1-11-7-8-13(9-15(11)19)10-20-18(21)17-12(2)14-5-3-4-6-16(14)22-17/h3-9H,10H2,1-2H3,(H,20,21). The van der Waals surface area contributed by atoms with Crippen molar-refractivity contribution in [3.05, 3.63) is 69.8 Å². The lowest BCUT2D eigenvalue weighted by Crippen LogP contribution is -2.22. The molecule has 0 aliphatic heterocycles. The minimum atomic E-state index is -0.246. The number of halogens is 1. The first kappa shape index (κ1) is 14.7. The van der Waals surface area contributed by atoms with Gasteiger partial charge in [0.15, 0.2) is 0 Å². The molecule has 2 aromatic carbocycles. The molecule has 0 radical (unpaired) electrons. The normalized spacial score (nSPS) is 10.9. The summed E-state index contributed by atoms with van der Waals surface area (Å²) in [5.74, 6) is -0.357. The first-order valence-corrected chi connectivity index (χ1v) is 7.89. The zero-order valence-electron chi connectivity index (χ0n) is 12.4. The maximum absolute atomic E-state index is 13.5. The molecule has 0 atom stereocenters. The predicted molar refractivity (Wildman–Crippen MR) is 88.9 cm³/mol.